The number of hydrogen-bond donors (Lipinski definition) is 0. The molecule has 1 heterocycles. The van der Waals surface area contributed by atoms with E-state index in [9.17, 15) is 4.79 Å². The standard InChI is InChI=1S/C22H25ClN2O/c23-19-6-8-20(9-7-19)25-12-3-11-24(14-15-25)13-10-18-16-17-4-1-2-5-21(17)22(18)26/h1-2,4-9,18H,3,10-16H2. The van der Waals surface area contributed by atoms with Gasteiger partial charge in [0.05, 0.1) is 0 Å². The Kier molecular flexibility index (Phi) is 5.28. The monoisotopic (exact) mass is 368 g/mol. The molecule has 0 spiro atoms. The lowest BCUT2D eigenvalue weighted by molar-refractivity contribution is 0.0921. The minimum absolute atomic E-state index is 0.169. The van der Waals surface area contributed by atoms with Crippen LogP contribution < -0.4 is 4.90 Å². The van der Waals surface area contributed by atoms with Crippen LogP contribution >= 0.6 is 11.6 Å². The number of nitrogens with zero attached hydrogens (tertiary/aromatic N) is 2. The molecule has 26 heavy (non-hydrogen) atoms. The van der Waals surface area contributed by atoms with E-state index in [2.05, 4.69) is 28.0 Å². The summed E-state index contributed by atoms with van der Waals surface area (Å²) in [7, 11) is 0. The minimum atomic E-state index is 0.169. The molecule has 0 bridgehead atoms. The van der Waals surface area contributed by atoms with Crippen molar-refractivity contribution in [2.45, 2.75) is 19.3 Å². The minimum Gasteiger partial charge on any atom is -0.370 e. The quantitative estimate of drug-likeness (QED) is 0.804. The summed E-state index contributed by atoms with van der Waals surface area (Å²) in [5, 5.41) is 0.785. The lowest BCUT2D eigenvalue weighted by atomic mass is 10.0. The molecule has 1 saturated heterocycles. The van der Waals surface area contributed by atoms with Gasteiger partial charge in [0.25, 0.3) is 0 Å². The molecule has 0 aromatic heterocycles. The molecule has 2 aliphatic rings. The first-order valence-electron chi connectivity index (χ1n) is 9.56. The van der Waals surface area contributed by atoms with E-state index in [0.29, 0.717) is 5.78 Å². The zero-order valence-corrected chi connectivity index (χ0v) is 15.8. The number of hydrogen-bond acceptors (Lipinski definition) is 3. The molecule has 0 amide bonds. The highest BCUT2D eigenvalue weighted by molar-refractivity contribution is 6.30. The van der Waals surface area contributed by atoms with Gasteiger partial charge < -0.3 is 9.80 Å². The van der Waals surface area contributed by atoms with Crippen LogP contribution in [0.25, 0.3) is 0 Å². The topological polar surface area (TPSA) is 23.6 Å². The maximum Gasteiger partial charge on any atom is 0.166 e. The van der Waals surface area contributed by atoms with Crippen LogP contribution in [0, 0.1) is 5.92 Å². The first kappa shape index (κ1) is 17.6. The Hall–Kier alpha value is -1.84. The van der Waals surface area contributed by atoms with E-state index in [0.717, 1.165) is 62.6 Å². The molecule has 2 aromatic rings. The van der Waals surface area contributed by atoms with Crippen LogP contribution in [0.3, 0.4) is 0 Å². The average Bonchev–Trinajstić information content (AvgIpc) is 2.83. The number of ketones is 1. The second kappa shape index (κ2) is 7.81. The van der Waals surface area contributed by atoms with E-state index < -0.39 is 0 Å². The third-order valence-corrected chi connectivity index (χ3v) is 5.95. The van der Waals surface area contributed by atoms with Gasteiger partial charge in [-0.1, -0.05) is 35.9 Å². The number of carbonyl (C=O) groups excluding carboxylic acids is 1. The maximum absolute atomic E-state index is 12.6. The van der Waals surface area contributed by atoms with Crippen molar-refractivity contribution >= 4 is 23.1 Å². The summed E-state index contributed by atoms with van der Waals surface area (Å²) < 4.78 is 0. The number of halogens is 1. The smallest absolute Gasteiger partial charge is 0.166 e. The molecule has 4 rings (SSSR count). The molecule has 1 aliphatic heterocycles. The Morgan fingerprint density at radius 2 is 1.77 bits per heavy atom. The van der Waals surface area contributed by atoms with Crippen molar-refractivity contribution in [3.63, 3.8) is 0 Å². The molecule has 1 aliphatic carbocycles. The van der Waals surface area contributed by atoms with Crippen LogP contribution in [0.2, 0.25) is 5.02 Å². The number of rotatable bonds is 4. The van der Waals surface area contributed by atoms with Gasteiger partial charge in [-0.25, -0.2) is 0 Å². The van der Waals surface area contributed by atoms with Gasteiger partial charge >= 0.3 is 0 Å². The van der Waals surface area contributed by atoms with E-state index >= 15 is 0 Å². The largest absolute Gasteiger partial charge is 0.370 e. The van der Waals surface area contributed by atoms with Gasteiger partial charge in [0.1, 0.15) is 0 Å². The van der Waals surface area contributed by atoms with E-state index in [4.69, 9.17) is 11.6 Å². The molecule has 1 fully saturated rings. The van der Waals surface area contributed by atoms with E-state index in [1.807, 2.05) is 30.3 Å². The third kappa shape index (κ3) is 3.79. The predicted octanol–water partition coefficient (Wildman–Crippen LogP) is 4.30. The molecule has 1 unspecified atom stereocenters. The first-order chi connectivity index (χ1) is 12.7. The Balaban J connectivity index is 1.30. The molecule has 3 nitrogen and oxygen atoms in total. The lowest BCUT2D eigenvalue weighted by Gasteiger charge is -2.24. The molecule has 4 heteroatoms. The Morgan fingerprint density at radius 3 is 2.58 bits per heavy atom. The van der Waals surface area contributed by atoms with Crippen LogP contribution in [0.15, 0.2) is 48.5 Å². The van der Waals surface area contributed by atoms with Crippen LogP contribution in [-0.4, -0.2) is 43.4 Å². The van der Waals surface area contributed by atoms with Crippen molar-refractivity contribution in [1.82, 2.24) is 4.90 Å². The third-order valence-electron chi connectivity index (χ3n) is 5.69. The zero-order chi connectivity index (χ0) is 17.9. The second-order valence-corrected chi connectivity index (χ2v) is 7.81. The normalized spacial score (nSPS) is 20.9. The lowest BCUT2D eigenvalue weighted by Crippen LogP contribution is -2.32. The van der Waals surface area contributed by atoms with E-state index in [1.54, 1.807) is 0 Å². The summed E-state index contributed by atoms with van der Waals surface area (Å²) in [5.41, 5.74) is 3.42. The highest BCUT2D eigenvalue weighted by Gasteiger charge is 2.30. The van der Waals surface area contributed by atoms with Crippen molar-refractivity contribution in [3.8, 4) is 0 Å². The van der Waals surface area contributed by atoms with E-state index in [-0.39, 0.29) is 5.92 Å². The maximum atomic E-state index is 12.6. The molecular formula is C22H25ClN2O. The van der Waals surface area contributed by atoms with Gasteiger partial charge in [-0.05, 0) is 62.2 Å². The van der Waals surface area contributed by atoms with Gasteiger partial charge in [0, 0.05) is 41.8 Å². The fourth-order valence-corrected chi connectivity index (χ4v) is 4.32. The number of anilines is 1. The fraction of sp³-hybridized carbons (Fsp3) is 0.409. The summed E-state index contributed by atoms with van der Waals surface area (Å²) in [4.78, 5) is 17.5. The summed E-state index contributed by atoms with van der Waals surface area (Å²) in [6, 6.07) is 16.2. The van der Waals surface area contributed by atoms with Crippen molar-refractivity contribution in [2.75, 3.05) is 37.6 Å². The average molecular weight is 369 g/mol. The highest BCUT2D eigenvalue weighted by atomic mass is 35.5. The van der Waals surface area contributed by atoms with Crippen molar-refractivity contribution in [1.29, 1.82) is 0 Å². The van der Waals surface area contributed by atoms with Gasteiger partial charge in [0.2, 0.25) is 0 Å². The van der Waals surface area contributed by atoms with Crippen molar-refractivity contribution in [3.05, 3.63) is 64.7 Å². The Bertz CT molecular complexity index is 774. The summed E-state index contributed by atoms with van der Waals surface area (Å²) in [5.74, 6) is 0.515. The van der Waals surface area contributed by atoms with Gasteiger partial charge in [-0.3, -0.25) is 4.79 Å². The Morgan fingerprint density at radius 1 is 0.962 bits per heavy atom. The number of carbonyl (C=O) groups is 1. The summed E-state index contributed by atoms with van der Waals surface area (Å²) in [6.45, 7) is 5.28. The first-order valence-corrected chi connectivity index (χ1v) is 9.93. The van der Waals surface area contributed by atoms with Crippen LogP contribution in [0.1, 0.15) is 28.8 Å². The van der Waals surface area contributed by atoms with E-state index in [1.165, 1.54) is 11.3 Å². The van der Waals surface area contributed by atoms with Gasteiger partial charge in [0.15, 0.2) is 5.78 Å². The highest BCUT2D eigenvalue weighted by Crippen LogP contribution is 2.29. The number of Topliss-reactive ketones (excluding diaryl/α,β-unsaturated/α-hetero) is 1. The number of benzene rings is 2. The number of fused-ring (bicyclic) bond motifs is 1. The van der Waals surface area contributed by atoms with Gasteiger partial charge in [-0.2, -0.15) is 0 Å². The van der Waals surface area contributed by atoms with Crippen LogP contribution in [-0.2, 0) is 6.42 Å². The molecule has 1 atom stereocenters. The molecule has 0 saturated carbocycles. The van der Waals surface area contributed by atoms with Crippen molar-refractivity contribution < 1.29 is 4.79 Å². The zero-order valence-electron chi connectivity index (χ0n) is 15.0. The van der Waals surface area contributed by atoms with Crippen molar-refractivity contribution in [2.24, 2.45) is 5.92 Å². The SMILES string of the molecule is O=C1c2ccccc2CC1CCN1CCCN(c2ccc(Cl)cc2)CC1. The van der Waals surface area contributed by atoms with Crippen LogP contribution in [0.5, 0.6) is 0 Å². The fourth-order valence-electron chi connectivity index (χ4n) is 4.19. The summed E-state index contributed by atoms with van der Waals surface area (Å²) >= 11 is 6.00. The predicted molar refractivity (Wildman–Crippen MR) is 107 cm³/mol. The second-order valence-electron chi connectivity index (χ2n) is 7.37. The molecule has 136 valence electrons. The molecule has 0 N–H and O–H groups in total. The van der Waals surface area contributed by atoms with Crippen LogP contribution in [0.4, 0.5) is 5.69 Å². The molecular weight excluding hydrogens is 344 g/mol. The Labute approximate surface area is 160 Å². The molecule has 0 radical (unpaired) electrons. The molecule has 2 aromatic carbocycles. The summed E-state index contributed by atoms with van der Waals surface area (Å²) in [6.07, 6.45) is 3.04. The van der Waals surface area contributed by atoms with Gasteiger partial charge in [-0.15, -0.1) is 0 Å².